The molecule has 3 rings (SSSR count). The molecule has 2 aromatic heterocycles. The number of amides is 2. The van der Waals surface area contributed by atoms with Gasteiger partial charge in [-0.1, -0.05) is 11.2 Å². The minimum Gasteiger partial charge on any atom is -0.358 e. The number of carbonyl (C=O) groups is 2. The van der Waals surface area contributed by atoms with Crippen LogP contribution < -0.4 is 5.32 Å². The second kappa shape index (κ2) is 6.93. The number of hydrogen-bond donors (Lipinski definition) is 1. The molecule has 1 aliphatic heterocycles. The highest BCUT2D eigenvalue weighted by Crippen LogP contribution is 2.25. The third kappa shape index (κ3) is 3.59. The number of nitrogens with zero attached hydrogens (tertiary/aromatic N) is 3. The maximum atomic E-state index is 12.5. The van der Waals surface area contributed by atoms with Crippen molar-refractivity contribution in [2.24, 2.45) is 0 Å². The van der Waals surface area contributed by atoms with E-state index in [-0.39, 0.29) is 11.8 Å². The van der Waals surface area contributed by atoms with Gasteiger partial charge in [0.2, 0.25) is 5.91 Å². The largest absolute Gasteiger partial charge is 0.358 e. The van der Waals surface area contributed by atoms with Crippen molar-refractivity contribution >= 4 is 23.2 Å². The Morgan fingerprint density at radius 2 is 2.13 bits per heavy atom. The Morgan fingerprint density at radius 3 is 2.78 bits per heavy atom. The topological polar surface area (TPSA) is 78.7 Å². The second-order valence-corrected chi connectivity index (χ2v) is 6.24. The molecule has 1 aliphatic rings. The highest BCUT2D eigenvalue weighted by atomic mass is 32.1. The molecule has 0 aliphatic carbocycles. The standard InChI is InChI=1S/C15H18N4O3S/c1-16-14(20)10-18-4-6-19(7-5-18)15(21)11-9-12(22-17-11)13-3-2-8-23-13/h2-3,8-9H,4-7,10H2,1H3,(H,16,20). The van der Waals surface area contributed by atoms with Gasteiger partial charge in [0, 0.05) is 39.3 Å². The van der Waals surface area contributed by atoms with Crippen molar-refractivity contribution < 1.29 is 14.1 Å². The SMILES string of the molecule is CNC(=O)CN1CCN(C(=O)c2cc(-c3cccs3)on2)CC1. The highest BCUT2D eigenvalue weighted by Gasteiger charge is 2.25. The van der Waals surface area contributed by atoms with Crippen LogP contribution >= 0.6 is 11.3 Å². The van der Waals surface area contributed by atoms with E-state index in [1.165, 1.54) is 0 Å². The van der Waals surface area contributed by atoms with Gasteiger partial charge in [-0.2, -0.15) is 0 Å². The van der Waals surface area contributed by atoms with Crippen molar-refractivity contribution in [3.05, 3.63) is 29.3 Å². The van der Waals surface area contributed by atoms with Gasteiger partial charge in [0.05, 0.1) is 11.4 Å². The summed E-state index contributed by atoms with van der Waals surface area (Å²) in [7, 11) is 1.62. The van der Waals surface area contributed by atoms with E-state index in [2.05, 4.69) is 10.5 Å². The molecule has 0 unspecified atom stereocenters. The van der Waals surface area contributed by atoms with Gasteiger partial charge in [-0.15, -0.1) is 11.3 Å². The minimum absolute atomic E-state index is 0.0122. The normalized spacial score (nSPS) is 15.6. The molecule has 2 amide bonds. The molecule has 122 valence electrons. The zero-order valence-electron chi connectivity index (χ0n) is 12.8. The van der Waals surface area contributed by atoms with E-state index in [1.807, 2.05) is 22.4 Å². The molecule has 8 heteroatoms. The summed E-state index contributed by atoms with van der Waals surface area (Å²) < 4.78 is 5.26. The molecule has 1 saturated heterocycles. The lowest BCUT2D eigenvalue weighted by Gasteiger charge is -2.33. The molecular formula is C15H18N4O3S. The molecule has 1 fully saturated rings. The van der Waals surface area contributed by atoms with Crippen LogP contribution in [0.3, 0.4) is 0 Å². The smallest absolute Gasteiger partial charge is 0.276 e. The lowest BCUT2D eigenvalue weighted by molar-refractivity contribution is -0.122. The average molecular weight is 334 g/mol. The third-order valence-electron chi connectivity index (χ3n) is 3.80. The van der Waals surface area contributed by atoms with Gasteiger partial charge >= 0.3 is 0 Å². The van der Waals surface area contributed by atoms with Crippen molar-refractivity contribution in [1.29, 1.82) is 0 Å². The average Bonchev–Trinajstić information content (AvgIpc) is 3.25. The van der Waals surface area contributed by atoms with Crippen LogP contribution in [0.15, 0.2) is 28.1 Å². The molecule has 0 bridgehead atoms. The third-order valence-corrected chi connectivity index (χ3v) is 4.68. The predicted octanol–water partition coefficient (Wildman–Crippen LogP) is 0.907. The van der Waals surface area contributed by atoms with Crippen LogP contribution in [0.1, 0.15) is 10.5 Å². The molecule has 0 atom stereocenters. The molecule has 0 spiro atoms. The van der Waals surface area contributed by atoms with Crippen molar-refractivity contribution in [2.45, 2.75) is 0 Å². The first kappa shape index (κ1) is 15.7. The van der Waals surface area contributed by atoms with Gasteiger partial charge in [0.15, 0.2) is 11.5 Å². The van der Waals surface area contributed by atoms with Crippen LogP contribution in [-0.4, -0.2) is 66.5 Å². The fraction of sp³-hybridized carbons (Fsp3) is 0.400. The van der Waals surface area contributed by atoms with Crippen molar-refractivity contribution in [2.75, 3.05) is 39.8 Å². The number of piperazine rings is 1. The Kier molecular flexibility index (Phi) is 4.73. The first-order valence-corrected chi connectivity index (χ1v) is 8.28. The van der Waals surface area contributed by atoms with E-state index in [9.17, 15) is 9.59 Å². The van der Waals surface area contributed by atoms with Crippen molar-refractivity contribution in [3.63, 3.8) is 0 Å². The summed E-state index contributed by atoms with van der Waals surface area (Å²) in [5, 5.41) is 8.45. The zero-order valence-corrected chi connectivity index (χ0v) is 13.6. The van der Waals surface area contributed by atoms with Gasteiger partial charge in [-0.25, -0.2) is 0 Å². The summed E-state index contributed by atoms with van der Waals surface area (Å²) >= 11 is 1.54. The number of thiophene rings is 1. The van der Waals surface area contributed by atoms with Crippen LogP contribution in [0.4, 0.5) is 0 Å². The van der Waals surface area contributed by atoms with E-state index >= 15 is 0 Å². The van der Waals surface area contributed by atoms with E-state index < -0.39 is 0 Å². The molecule has 7 nitrogen and oxygen atoms in total. The maximum Gasteiger partial charge on any atom is 0.276 e. The van der Waals surface area contributed by atoms with Gasteiger partial charge < -0.3 is 14.7 Å². The molecule has 1 N–H and O–H groups in total. The minimum atomic E-state index is -0.129. The predicted molar refractivity (Wildman–Crippen MR) is 86.2 cm³/mol. The zero-order chi connectivity index (χ0) is 16.2. The number of aromatic nitrogens is 1. The van der Waals surface area contributed by atoms with E-state index in [0.717, 1.165) is 4.88 Å². The number of carbonyl (C=O) groups excluding carboxylic acids is 2. The molecule has 2 aromatic rings. The van der Waals surface area contributed by atoms with E-state index in [1.54, 1.807) is 29.4 Å². The molecule has 0 saturated carbocycles. The number of hydrogen-bond acceptors (Lipinski definition) is 6. The molecule has 23 heavy (non-hydrogen) atoms. The van der Waals surface area contributed by atoms with Gasteiger partial charge in [-0.05, 0) is 11.4 Å². The molecular weight excluding hydrogens is 316 g/mol. The van der Waals surface area contributed by atoms with E-state index in [4.69, 9.17) is 4.52 Å². The first-order valence-electron chi connectivity index (χ1n) is 7.40. The molecule has 0 aromatic carbocycles. The van der Waals surface area contributed by atoms with Gasteiger partial charge in [0.25, 0.3) is 5.91 Å². The quantitative estimate of drug-likeness (QED) is 0.899. The summed E-state index contributed by atoms with van der Waals surface area (Å²) in [5.74, 6) is 0.472. The number of rotatable bonds is 4. The van der Waals surface area contributed by atoms with Gasteiger partial charge in [0.1, 0.15) is 0 Å². The maximum absolute atomic E-state index is 12.5. The lowest BCUT2D eigenvalue weighted by Crippen LogP contribution is -2.50. The Morgan fingerprint density at radius 1 is 1.35 bits per heavy atom. The molecule has 3 heterocycles. The summed E-state index contributed by atoms with van der Waals surface area (Å²) in [6.45, 7) is 2.88. The number of nitrogens with one attached hydrogen (secondary N) is 1. The Labute approximate surface area is 137 Å². The highest BCUT2D eigenvalue weighted by molar-refractivity contribution is 7.13. The Balaban J connectivity index is 1.58. The number of likely N-dealkylation sites (N-methyl/N-ethyl adjacent to an activating group) is 1. The Hall–Kier alpha value is -2.19. The summed E-state index contributed by atoms with van der Waals surface area (Å²) in [4.78, 5) is 28.6. The van der Waals surface area contributed by atoms with Crippen LogP contribution in [0.2, 0.25) is 0 Å². The fourth-order valence-electron chi connectivity index (χ4n) is 2.46. The summed E-state index contributed by atoms with van der Waals surface area (Å²) in [6, 6.07) is 5.54. The Bertz CT molecular complexity index is 675. The van der Waals surface area contributed by atoms with Crippen molar-refractivity contribution in [1.82, 2.24) is 20.3 Å². The van der Waals surface area contributed by atoms with E-state index in [0.29, 0.717) is 44.2 Å². The monoisotopic (exact) mass is 334 g/mol. The van der Waals surface area contributed by atoms with Crippen LogP contribution in [-0.2, 0) is 4.79 Å². The van der Waals surface area contributed by atoms with Crippen LogP contribution in [0, 0.1) is 0 Å². The molecule has 0 radical (unpaired) electrons. The lowest BCUT2D eigenvalue weighted by atomic mass is 10.2. The van der Waals surface area contributed by atoms with Crippen LogP contribution in [0.25, 0.3) is 10.6 Å². The second-order valence-electron chi connectivity index (χ2n) is 5.30. The fourth-order valence-corrected chi connectivity index (χ4v) is 3.14. The van der Waals surface area contributed by atoms with Crippen molar-refractivity contribution in [3.8, 4) is 10.6 Å². The van der Waals surface area contributed by atoms with Crippen LogP contribution in [0.5, 0.6) is 0 Å². The first-order chi connectivity index (χ1) is 11.2. The van der Waals surface area contributed by atoms with Gasteiger partial charge in [-0.3, -0.25) is 14.5 Å². The summed E-state index contributed by atoms with van der Waals surface area (Å²) in [6.07, 6.45) is 0. The summed E-state index contributed by atoms with van der Waals surface area (Å²) in [5.41, 5.74) is 0.327.